The fourth-order valence-corrected chi connectivity index (χ4v) is 3.53. The summed E-state index contributed by atoms with van der Waals surface area (Å²) in [6.45, 7) is 1.80. The highest BCUT2D eigenvalue weighted by molar-refractivity contribution is 6.33. The molecule has 1 aliphatic heterocycles. The number of benzene rings is 2. The van der Waals surface area contributed by atoms with Gasteiger partial charge in [-0.3, -0.25) is 14.8 Å². The molecule has 154 valence electrons. The number of carbonyl (C=O) groups excluding carboxylic acids is 2. The highest BCUT2D eigenvalue weighted by Crippen LogP contribution is 2.33. The van der Waals surface area contributed by atoms with E-state index >= 15 is 0 Å². The van der Waals surface area contributed by atoms with E-state index in [1.54, 1.807) is 61.5 Å². The zero-order valence-corrected chi connectivity index (χ0v) is 16.7. The number of hydrogen-bond donors (Lipinski definition) is 3. The SMILES string of the molecule is C[C@@]1(CN(O)C(=O)c2ccccc2)CO[C@H](CNC(=O)c2ccccc2Cl)[C@H]1O. The van der Waals surface area contributed by atoms with Gasteiger partial charge >= 0.3 is 0 Å². The number of nitrogens with one attached hydrogen (secondary N) is 1. The smallest absolute Gasteiger partial charge is 0.277 e. The summed E-state index contributed by atoms with van der Waals surface area (Å²) in [6.07, 6.45) is -1.67. The van der Waals surface area contributed by atoms with Gasteiger partial charge in [-0.25, -0.2) is 5.06 Å². The van der Waals surface area contributed by atoms with Crippen LogP contribution in [0.1, 0.15) is 27.6 Å². The Labute approximate surface area is 173 Å². The molecule has 0 spiro atoms. The minimum Gasteiger partial charge on any atom is -0.390 e. The Balaban J connectivity index is 1.58. The number of aliphatic hydroxyl groups excluding tert-OH is 1. The van der Waals surface area contributed by atoms with Crippen molar-refractivity contribution < 1.29 is 24.6 Å². The van der Waals surface area contributed by atoms with Crippen LogP contribution in [0.2, 0.25) is 5.02 Å². The van der Waals surface area contributed by atoms with Gasteiger partial charge in [0.1, 0.15) is 6.10 Å². The Hall–Kier alpha value is -2.45. The molecule has 2 amide bonds. The lowest BCUT2D eigenvalue weighted by molar-refractivity contribution is -0.0940. The lowest BCUT2D eigenvalue weighted by Crippen LogP contribution is -2.47. The van der Waals surface area contributed by atoms with Crippen LogP contribution in [0.25, 0.3) is 0 Å². The minimum absolute atomic E-state index is 0.0683. The molecule has 0 radical (unpaired) electrons. The van der Waals surface area contributed by atoms with Crippen molar-refractivity contribution in [3.05, 3.63) is 70.7 Å². The van der Waals surface area contributed by atoms with Crippen LogP contribution in [0.3, 0.4) is 0 Å². The molecule has 3 N–H and O–H groups in total. The Kier molecular flexibility index (Phi) is 6.54. The predicted molar refractivity (Wildman–Crippen MR) is 107 cm³/mol. The van der Waals surface area contributed by atoms with E-state index in [1.165, 1.54) is 0 Å². The molecule has 1 saturated heterocycles. The van der Waals surface area contributed by atoms with E-state index in [0.717, 1.165) is 0 Å². The summed E-state index contributed by atoms with van der Waals surface area (Å²) in [6, 6.07) is 15.0. The number of ether oxygens (including phenoxy) is 1. The summed E-state index contributed by atoms with van der Waals surface area (Å²) in [5.41, 5.74) is -0.214. The van der Waals surface area contributed by atoms with Gasteiger partial charge in [-0.05, 0) is 24.3 Å². The zero-order chi connectivity index (χ0) is 21.0. The van der Waals surface area contributed by atoms with Crippen molar-refractivity contribution >= 4 is 23.4 Å². The molecule has 1 aliphatic rings. The van der Waals surface area contributed by atoms with E-state index in [9.17, 15) is 19.9 Å². The molecule has 3 atom stereocenters. The van der Waals surface area contributed by atoms with E-state index in [0.29, 0.717) is 21.2 Å². The normalized spacial score (nSPS) is 23.6. The molecule has 0 unspecified atom stereocenters. The van der Waals surface area contributed by atoms with E-state index in [4.69, 9.17) is 16.3 Å². The van der Waals surface area contributed by atoms with Crippen LogP contribution in [-0.4, -0.2) is 59.1 Å². The lowest BCUT2D eigenvalue weighted by atomic mass is 9.84. The number of carbonyl (C=O) groups is 2. The molecular formula is C21H23ClN2O5. The number of amides is 2. The number of halogens is 1. The first-order chi connectivity index (χ1) is 13.8. The molecule has 29 heavy (non-hydrogen) atoms. The second kappa shape index (κ2) is 8.92. The molecule has 8 heteroatoms. The maximum absolute atomic E-state index is 12.4. The summed E-state index contributed by atoms with van der Waals surface area (Å²) in [5.74, 6) is -0.933. The van der Waals surface area contributed by atoms with E-state index in [-0.39, 0.29) is 25.6 Å². The number of hydrogen-bond acceptors (Lipinski definition) is 5. The Bertz CT molecular complexity index is 878. The fraction of sp³-hybridized carbons (Fsp3) is 0.333. The first kappa shape index (κ1) is 21.3. The number of aliphatic hydroxyl groups is 1. The first-order valence-corrected chi connectivity index (χ1v) is 9.58. The molecule has 0 bridgehead atoms. The van der Waals surface area contributed by atoms with Crippen molar-refractivity contribution in [2.24, 2.45) is 5.41 Å². The standard InChI is InChI=1S/C21H23ClN2O5/c1-21(12-24(28)20(27)14-7-3-2-4-8-14)13-29-17(18(21)25)11-23-19(26)15-9-5-6-10-16(15)22/h2-10,17-18,25,28H,11-13H2,1H3,(H,23,26)/t17-,18-,21-/m1/s1. The first-order valence-electron chi connectivity index (χ1n) is 9.20. The monoisotopic (exact) mass is 418 g/mol. The third-order valence-electron chi connectivity index (χ3n) is 5.04. The molecule has 0 aromatic heterocycles. The van der Waals surface area contributed by atoms with Crippen LogP contribution < -0.4 is 5.32 Å². The van der Waals surface area contributed by atoms with Gasteiger partial charge in [0.2, 0.25) is 0 Å². The van der Waals surface area contributed by atoms with E-state index in [2.05, 4.69) is 5.32 Å². The molecule has 1 heterocycles. The van der Waals surface area contributed by atoms with Crippen LogP contribution >= 0.6 is 11.6 Å². The summed E-state index contributed by atoms with van der Waals surface area (Å²) in [4.78, 5) is 24.6. The van der Waals surface area contributed by atoms with Gasteiger partial charge in [0.05, 0.1) is 29.8 Å². The molecule has 0 saturated carbocycles. The quantitative estimate of drug-likeness (QED) is 0.494. The topological polar surface area (TPSA) is 99.1 Å². The molecule has 1 fully saturated rings. The maximum Gasteiger partial charge on any atom is 0.277 e. The summed E-state index contributed by atoms with van der Waals surface area (Å²) >= 11 is 6.02. The summed E-state index contributed by atoms with van der Waals surface area (Å²) < 4.78 is 5.64. The third-order valence-corrected chi connectivity index (χ3v) is 5.37. The van der Waals surface area contributed by atoms with Crippen molar-refractivity contribution in [1.82, 2.24) is 10.4 Å². The third kappa shape index (κ3) is 4.76. The van der Waals surface area contributed by atoms with E-state index < -0.39 is 23.5 Å². The van der Waals surface area contributed by atoms with Gasteiger partial charge in [-0.1, -0.05) is 48.9 Å². The van der Waals surface area contributed by atoms with Crippen LogP contribution in [0.4, 0.5) is 0 Å². The highest BCUT2D eigenvalue weighted by Gasteiger charge is 2.47. The Morgan fingerprint density at radius 3 is 2.55 bits per heavy atom. The second-order valence-corrected chi connectivity index (χ2v) is 7.77. The summed E-state index contributed by atoms with van der Waals surface area (Å²) in [5, 5.41) is 24.5. The molecule has 0 aliphatic carbocycles. The van der Waals surface area contributed by atoms with Gasteiger partial charge < -0.3 is 15.2 Å². The molecule has 7 nitrogen and oxygen atoms in total. The average molecular weight is 419 g/mol. The maximum atomic E-state index is 12.4. The average Bonchev–Trinajstić information content (AvgIpc) is 3.00. The second-order valence-electron chi connectivity index (χ2n) is 7.37. The molecule has 3 rings (SSSR count). The van der Waals surface area contributed by atoms with Crippen LogP contribution in [0, 0.1) is 5.41 Å². The minimum atomic E-state index is -0.993. The van der Waals surface area contributed by atoms with Crippen LogP contribution in [0.5, 0.6) is 0 Å². The van der Waals surface area contributed by atoms with Crippen molar-refractivity contribution in [1.29, 1.82) is 0 Å². The zero-order valence-electron chi connectivity index (χ0n) is 15.9. The number of nitrogens with zero attached hydrogens (tertiary/aromatic N) is 1. The van der Waals surface area contributed by atoms with Crippen LogP contribution in [-0.2, 0) is 4.74 Å². The number of rotatable bonds is 6. The van der Waals surface area contributed by atoms with Crippen molar-refractivity contribution in [2.75, 3.05) is 19.7 Å². The van der Waals surface area contributed by atoms with Crippen molar-refractivity contribution in [3.8, 4) is 0 Å². The van der Waals surface area contributed by atoms with Crippen molar-refractivity contribution in [2.45, 2.75) is 19.1 Å². The van der Waals surface area contributed by atoms with Gasteiger partial charge in [0, 0.05) is 17.5 Å². The Morgan fingerprint density at radius 1 is 1.21 bits per heavy atom. The molecule has 2 aromatic carbocycles. The van der Waals surface area contributed by atoms with Crippen LogP contribution in [0.15, 0.2) is 54.6 Å². The number of hydroxylamine groups is 2. The largest absolute Gasteiger partial charge is 0.390 e. The molecule has 2 aromatic rings. The molecular weight excluding hydrogens is 396 g/mol. The van der Waals surface area contributed by atoms with Gasteiger partial charge in [-0.15, -0.1) is 0 Å². The van der Waals surface area contributed by atoms with Gasteiger partial charge in [0.15, 0.2) is 0 Å². The van der Waals surface area contributed by atoms with E-state index in [1.807, 2.05) is 0 Å². The Morgan fingerprint density at radius 2 is 1.86 bits per heavy atom. The lowest BCUT2D eigenvalue weighted by Gasteiger charge is -2.31. The van der Waals surface area contributed by atoms with Gasteiger partial charge in [0.25, 0.3) is 11.8 Å². The predicted octanol–water partition coefficient (Wildman–Crippen LogP) is 2.37. The van der Waals surface area contributed by atoms with Gasteiger partial charge in [-0.2, -0.15) is 0 Å². The fourth-order valence-electron chi connectivity index (χ4n) is 3.31. The highest BCUT2D eigenvalue weighted by atomic mass is 35.5. The van der Waals surface area contributed by atoms with Crippen molar-refractivity contribution in [3.63, 3.8) is 0 Å². The summed E-state index contributed by atoms with van der Waals surface area (Å²) in [7, 11) is 0.